The van der Waals surface area contributed by atoms with Gasteiger partial charge in [0.15, 0.2) is 0 Å². The summed E-state index contributed by atoms with van der Waals surface area (Å²) in [6, 6.07) is 7.81. The Morgan fingerprint density at radius 3 is 2.57 bits per heavy atom. The van der Waals surface area contributed by atoms with Crippen molar-refractivity contribution in [2.24, 2.45) is 0 Å². The van der Waals surface area contributed by atoms with Gasteiger partial charge in [0.05, 0.1) is 5.69 Å². The van der Waals surface area contributed by atoms with Crippen molar-refractivity contribution < 1.29 is 9.90 Å². The monoisotopic (exact) mass is 331 g/mol. The number of benzene rings is 1. The van der Waals surface area contributed by atoms with E-state index in [2.05, 4.69) is 15.1 Å². The smallest absolute Gasteiger partial charge is 0.373 e. The zero-order valence-electron chi connectivity index (χ0n) is 12.3. The standard InChI is InChI=1S/C14H13N5O3S/c1-18(2)9-5-3-8(4-6-9)10-7-23-14(15-10)19-13(22)16-11(17-19)12(20)21/h3-7H,1-2H3,(H,20,21)(H,16,17,22). The Hall–Kier alpha value is -2.94. The van der Waals surface area contributed by atoms with Crippen LogP contribution in [0.4, 0.5) is 5.69 Å². The van der Waals surface area contributed by atoms with Crippen LogP contribution >= 0.6 is 11.3 Å². The molecule has 0 saturated heterocycles. The number of rotatable bonds is 4. The number of hydrogen-bond acceptors (Lipinski definition) is 6. The molecule has 2 aromatic heterocycles. The van der Waals surface area contributed by atoms with Crippen LogP contribution in [0.1, 0.15) is 10.6 Å². The van der Waals surface area contributed by atoms with Crippen molar-refractivity contribution in [2.45, 2.75) is 0 Å². The Balaban J connectivity index is 1.94. The molecule has 0 atom stereocenters. The molecule has 0 radical (unpaired) electrons. The predicted octanol–water partition coefficient (Wildman–Crippen LogP) is 1.45. The summed E-state index contributed by atoms with van der Waals surface area (Å²) in [5.41, 5.74) is 2.03. The van der Waals surface area contributed by atoms with Gasteiger partial charge in [0.25, 0.3) is 0 Å². The lowest BCUT2D eigenvalue weighted by Crippen LogP contribution is -2.15. The van der Waals surface area contributed by atoms with Crippen LogP contribution in [0.3, 0.4) is 0 Å². The minimum atomic E-state index is -1.29. The van der Waals surface area contributed by atoms with Gasteiger partial charge in [-0.2, -0.15) is 4.68 Å². The van der Waals surface area contributed by atoms with E-state index < -0.39 is 17.5 Å². The zero-order chi connectivity index (χ0) is 16.6. The molecule has 3 rings (SSSR count). The first-order valence-electron chi connectivity index (χ1n) is 6.62. The summed E-state index contributed by atoms with van der Waals surface area (Å²) in [7, 11) is 3.92. The minimum absolute atomic E-state index is 0.311. The van der Waals surface area contributed by atoms with Gasteiger partial charge in [-0.1, -0.05) is 12.1 Å². The van der Waals surface area contributed by atoms with Crippen molar-refractivity contribution >= 4 is 23.0 Å². The van der Waals surface area contributed by atoms with E-state index in [1.807, 2.05) is 43.3 Å². The highest BCUT2D eigenvalue weighted by Crippen LogP contribution is 2.25. The van der Waals surface area contributed by atoms with Crippen molar-refractivity contribution in [3.63, 3.8) is 0 Å². The Morgan fingerprint density at radius 2 is 2.00 bits per heavy atom. The van der Waals surface area contributed by atoms with Gasteiger partial charge in [-0.25, -0.2) is 14.6 Å². The Morgan fingerprint density at radius 1 is 1.30 bits per heavy atom. The Labute approximate surface area is 134 Å². The molecule has 2 N–H and O–H groups in total. The molecule has 0 fully saturated rings. The molecule has 0 amide bonds. The molecule has 0 aliphatic carbocycles. The number of H-pyrrole nitrogens is 1. The number of aromatic nitrogens is 4. The number of carboxylic acid groups (broad SMARTS) is 1. The molecule has 2 heterocycles. The molecule has 3 aromatic rings. The fourth-order valence-corrected chi connectivity index (χ4v) is 2.76. The largest absolute Gasteiger partial charge is 0.475 e. The van der Waals surface area contributed by atoms with Crippen LogP contribution in [0.25, 0.3) is 16.4 Å². The van der Waals surface area contributed by atoms with Crippen LogP contribution in [0.2, 0.25) is 0 Å². The molecular weight excluding hydrogens is 318 g/mol. The van der Waals surface area contributed by atoms with Crippen molar-refractivity contribution in [3.05, 3.63) is 46.0 Å². The fraction of sp³-hybridized carbons (Fsp3) is 0.143. The fourth-order valence-electron chi connectivity index (χ4n) is 1.98. The molecule has 118 valence electrons. The third-order valence-corrected chi connectivity index (χ3v) is 3.99. The molecule has 1 aromatic carbocycles. The molecule has 0 aliphatic rings. The van der Waals surface area contributed by atoms with Crippen molar-refractivity contribution in [1.29, 1.82) is 0 Å². The van der Waals surface area contributed by atoms with E-state index in [0.29, 0.717) is 10.8 Å². The number of nitrogens with one attached hydrogen (secondary N) is 1. The predicted molar refractivity (Wildman–Crippen MR) is 86.6 cm³/mol. The second-order valence-electron chi connectivity index (χ2n) is 4.95. The van der Waals surface area contributed by atoms with Gasteiger partial charge in [0.2, 0.25) is 11.0 Å². The molecule has 0 aliphatic heterocycles. The number of aromatic carboxylic acids is 1. The first-order chi connectivity index (χ1) is 11.0. The molecule has 0 spiro atoms. The minimum Gasteiger partial charge on any atom is -0.475 e. The summed E-state index contributed by atoms with van der Waals surface area (Å²) >= 11 is 1.21. The number of thiazole rings is 1. The van der Waals surface area contributed by atoms with Gasteiger partial charge in [-0.05, 0) is 12.1 Å². The quantitative estimate of drug-likeness (QED) is 0.750. The summed E-state index contributed by atoms with van der Waals surface area (Å²) in [6.07, 6.45) is 0. The van der Waals surface area contributed by atoms with Gasteiger partial charge in [0, 0.05) is 30.7 Å². The molecule has 9 heteroatoms. The van der Waals surface area contributed by atoms with Gasteiger partial charge in [-0.15, -0.1) is 16.4 Å². The van der Waals surface area contributed by atoms with Crippen LogP contribution in [0.5, 0.6) is 0 Å². The maximum atomic E-state index is 11.8. The third kappa shape index (κ3) is 2.86. The summed E-state index contributed by atoms with van der Waals surface area (Å²) in [4.78, 5) is 31.1. The van der Waals surface area contributed by atoms with Crippen LogP contribution in [0.15, 0.2) is 34.4 Å². The van der Waals surface area contributed by atoms with Crippen molar-refractivity contribution in [3.8, 4) is 16.4 Å². The van der Waals surface area contributed by atoms with E-state index >= 15 is 0 Å². The highest BCUT2D eigenvalue weighted by atomic mass is 32.1. The Bertz CT molecular complexity index is 907. The lowest BCUT2D eigenvalue weighted by Gasteiger charge is -2.12. The number of hydrogen-bond donors (Lipinski definition) is 2. The van der Waals surface area contributed by atoms with Gasteiger partial charge >= 0.3 is 11.7 Å². The topological polar surface area (TPSA) is 104 Å². The number of anilines is 1. The Kier molecular flexibility index (Phi) is 3.70. The summed E-state index contributed by atoms with van der Waals surface area (Å²) < 4.78 is 0.950. The SMILES string of the molecule is CN(C)c1ccc(-c2csc(-n3nc(C(=O)O)[nH]c3=O)n2)cc1. The van der Waals surface area contributed by atoms with Gasteiger partial charge in [-0.3, -0.25) is 4.98 Å². The van der Waals surface area contributed by atoms with Crippen LogP contribution in [-0.2, 0) is 0 Å². The average molecular weight is 331 g/mol. The number of nitrogens with zero attached hydrogens (tertiary/aromatic N) is 4. The average Bonchev–Trinajstić information content (AvgIpc) is 3.13. The van der Waals surface area contributed by atoms with E-state index in [4.69, 9.17) is 5.11 Å². The lowest BCUT2D eigenvalue weighted by atomic mass is 10.1. The third-order valence-electron chi connectivity index (χ3n) is 3.17. The van der Waals surface area contributed by atoms with Crippen molar-refractivity contribution in [2.75, 3.05) is 19.0 Å². The molecule has 8 nitrogen and oxygen atoms in total. The summed E-state index contributed by atoms with van der Waals surface area (Å²) in [6.45, 7) is 0. The van der Waals surface area contributed by atoms with E-state index in [9.17, 15) is 9.59 Å². The first kappa shape index (κ1) is 15.0. The number of carboxylic acids is 1. The normalized spacial score (nSPS) is 10.7. The van der Waals surface area contributed by atoms with Gasteiger partial charge < -0.3 is 10.0 Å². The van der Waals surface area contributed by atoms with E-state index in [1.54, 1.807) is 5.38 Å². The highest BCUT2D eigenvalue weighted by Gasteiger charge is 2.15. The molecule has 23 heavy (non-hydrogen) atoms. The maximum absolute atomic E-state index is 11.8. The maximum Gasteiger partial charge on any atom is 0.373 e. The molecule has 0 bridgehead atoms. The van der Waals surface area contributed by atoms with Gasteiger partial charge in [0.1, 0.15) is 0 Å². The highest BCUT2D eigenvalue weighted by molar-refractivity contribution is 7.12. The number of carbonyl (C=O) groups is 1. The zero-order valence-corrected chi connectivity index (χ0v) is 13.2. The van der Waals surface area contributed by atoms with Crippen LogP contribution < -0.4 is 10.6 Å². The second kappa shape index (κ2) is 5.69. The second-order valence-corrected chi connectivity index (χ2v) is 5.79. The first-order valence-corrected chi connectivity index (χ1v) is 7.50. The molecule has 0 unspecified atom stereocenters. The molecular formula is C14H13N5O3S. The molecule has 0 saturated carbocycles. The van der Waals surface area contributed by atoms with Crippen LogP contribution in [0, 0.1) is 0 Å². The van der Waals surface area contributed by atoms with Crippen molar-refractivity contribution in [1.82, 2.24) is 19.7 Å². The summed E-state index contributed by atoms with van der Waals surface area (Å²) in [5.74, 6) is -1.71. The van der Waals surface area contributed by atoms with E-state index in [0.717, 1.165) is 15.9 Å². The van der Waals surface area contributed by atoms with E-state index in [1.165, 1.54) is 11.3 Å². The lowest BCUT2D eigenvalue weighted by molar-refractivity contribution is 0.0683. The van der Waals surface area contributed by atoms with Crippen LogP contribution in [-0.4, -0.2) is 44.9 Å². The van der Waals surface area contributed by atoms with E-state index in [-0.39, 0.29) is 0 Å². The summed E-state index contributed by atoms with van der Waals surface area (Å²) in [5, 5.41) is 14.7. The number of aromatic amines is 1.